The molecular formula is C17H22N4O. The fraction of sp³-hybridized carbons (Fsp3) is 0.471. The van der Waals surface area contributed by atoms with E-state index in [0.717, 1.165) is 19.3 Å². The SMILES string of the molecule is CCCn1c(NN=C2CCCCC2)nc2ccccc2c1=O. The Morgan fingerprint density at radius 2 is 2.00 bits per heavy atom. The van der Waals surface area contributed by atoms with E-state index in [1.807, 2.05) is 24.3 Å². The highest BCUT2D eigenvalue weighted by Crippen LogP contribution is 2.16. The molecule has 0 radical (unpaired) electrons. The Kier molecular flexibility index (Phi) is 4.51. The Labute approximate surface area is 130 Å². The first-order valence-electron chi connectivity index (χ1n) is 8.10. The predicted octanol–water partition coefficient (Wildman–Crippen LogP) is 3.54. The van der Waals surface area contributed by atoms with Crippen LogP contribution in [-0.4, -0.2) is 15.3 Å². The van der Waals surface area contributed by atoms with Gasteiger partial charge in [0.15, 0.2) is 0 Å². The third-order valence-corrected chi connectivity index (χ3v) is 4.05. The molecular weight excluding hydrogens is 276 g/mol. The summed E-state index contributed by atoms with van der Waals surface area (Å²) in [5.41, 5.74) is 4.93. The molecule has 0 amide bonds. The van der Waals surface area contributed by atoms with Crippen molar-refractivity contribution in [1.29, 1.82) is 0 Å². The molecule has 0 atom stereocenters. The molecule has 1 N–H and O–H groups in total. The quantitative estimate of drug-likeness (QED) is 0.878. The van der Waals surface area contributed by atoms with Gasteiger partial charge in [-0.2, -0.15) is 5.10 Å². The number of rotatable bonds is 4. The Morgan fingerprint density at radius 3 is 2.77 bits per heavy atom. The van der Waals surface area contributed by atoms with E-state index in [-0.39, 0.29) is 5.56 Å². The van der Waals surface area contributed by atoms with Crippen LogP contribution in [0.3, 0.4) is 0 Å². The molecule has 0 unspecified atom stereocenters. The Bertz CT molecular complexity index is 740. The van der Waals surface area contributed by atoms with Crippen LogP contribution in [0.4, 0.5) is 5.95 Å². The molecule has 2 aromatic rings. The lowest BCUT2D eigenvalue weighted by molar-refractivity contribution is 0.650. The highest BCUT2D eigenvalue weighted by Gasteiger charge is 2.11. The summed E-state index contributed by atoms with van der Waals surface area (Å²) >= 11 is 0. The van der Waals surface area contributed by atoms with Crippen molar-refractivity contribution in [2.24, 2.45) is 5.10 Å². The molecule has 5 heteroatoms. The van der Waals surface area contributed by atoms with Gasteiger partial charge in [-0.15, -0.1) is 0 Å². The van der Waals surface area contributed by atoms with Crippen LogP contribution in [0.15, 0.2) is 34.2 Å². The molecule has 0 bridgehead atoms. The number of benzene rings is 1. The van der Waals surface area contributed by atoms with Crippen molar-refractivity contribution in [1.82, 2.24) is 9.55 Å². The molecule has 0 aliphatic heterocycles. The molecule has 1 saturated carbocycles. The largest absolute Gasteiger partial charge is 0.277 e. The minimum atomic E-state index is -0.00112. The van der Waals surface area contributed by atoms with Crippen molar-refractivity contribution in [3.05, 3.63) is 34.6 Å². The first kappa shape index (κ1) is 14.8. The van der Waals surface area contributed by atoms with Crippen LogP contribution < -0.4 is 11.0 Å². The summed E-state index contributed by atoms with van der Waals surface area (Å²) in [4.78, 5) is 17.2. The second-order valence-electron chi connectivity index (χ2n) is 5.76. The molecule has 5 nitrogen and oxygen atoms in total. The van der Waals surface area contributed by atoms with Gasteiger partial charge in [0.2, 0.25) is 5.95 Å². The van der Waals surface area contributed by atoms with E-state index in [4.69, 9.17) is 0 Å². The number of nitrogens with one attached hydrogen (secondary N) is 1. The normalized spacial score (nSPS) is 15.0. The molecule has 1 aliphatic carbocycles. The van der Waals surface area contributed by atoms with Crippen LogP contribution in [0.25, 0.3) is 10.9 Å². The highest BCUT2D eigenvalue weighted by atomic mass is 16.1. The van der Waals surface area contributed by atoms with Crippen LogP contribution >= 0.6 is 0 Å². The zero-order chi connectivity index (χ0) is 15.4. The summed E-state index contributed by atoms with van der Waals surface area (Å²) in [5, 5.41) is 5.15. The Balaban J connectivity index is 1.99. The number of hydrogen-bond donors (Lipinski definition) is 1. The molecule has 22 heavy (non-hydrogen) atoms. The summed E-state index contributed by atoms with van der Waals surface area (Å²) in [6, 6.07) is 7.46. The van der Waals surface area contributed by atoms with Gasteiger partial charge in [0.05, 0.1) is 10.9 Å². The van der Waals surface area contributed by atoms with Gasteiger partial charge in [-0.1, -0.05) is 25.5 Å². The van der Waals surface area contributed by atoms with E-state index in [0.29, 0.717) is 23.4 Å². The van der Waals surface area contributed by atoms with Gasteiger partial charge in [-0.25, -0.2) is 10.4 Å². The fourth-order valence-corrected chi connectivity index (χ4v) is 2.89. The Hall–Kier alpha value is -2.17. The van der Waals surface area contributed by atoms with Crippen molar-refractivity contribution < 1.29 is 0 Å². The summed E-state index contributed by atoms with van der Waals surface area (Å²) in [6.07, 6.45) is 6.65. The first-order chi connectivity index (χ1) is 10.8. The summed E-state index contributed by atoms with van der Waals surface area (Å²) in [6.45, 7) is 2.70. The van der Waals surface area contributed by atoms with Gasteiger partial charge in [0.25, 0.3) is 5.56 Å². The third kappa shape index (κ3) is 3.03. The molecule has 0 saturated heterocycles. The maximum atomic E-state index is 12.6. The van der Waals surface area contributed by atoms with Gasteiger partial charge in [0.1, 0.15) is 0 Å². The second kappa shape index (κ2) is 6.73. The number of fused-ring (bicyclic) bond motifs is 1. The van der Waals surface area contributed by atoms with Gasteiger partial charge in [0, 0.05) is 12.3 Å². The molecule has 0 spiro atoms. The maximum absolute atomic E-state index is 12.6. The average molecular weight is 298 g/mol. The van der Waals surface area contributed by atoms with Crippen LogP contribution in [0.1, 0.15) is 45.4 Å². The molecule has 1 fully saturated rings. The summed E-state index contributed by atoms with van der Waals surface area (Å²) < 4.78 is 1.69. The highest BCUT2D eigenvalue weighted by molar-refractivity contribution is 5.85. The van der Waals surface area contributed by atoms with Crippen molar-refractivity contribution in [3.63, 3.8) is 0 Å². The van der Waals surface area contributed by atoms with Crippen LogP contribution in [0.5, 0.6) is 0 Å². The Morgan fingerprint density at radius 1 is 1.23 bits per heavy atom. The summed E-state index contributed by atoms with van der Waals surface area (Å²) in [5.74, 6) is 0.545. The number of aromatic nitrogens is 2. The van der Waals surface area contributed by atoms with Crippen molar-refractivity contribution in [3.8, 4) is 0 Å². The molecule has 1 aromatic heterocycles. The van der Waals surface area contributed by atoms with Gasteiger partial charge in [-0.05, 0) is 44.2 Å². The lowest BCUT2D eigenvalue weighted by Gasteiger charge is -2.15. The van der Waals surface area contributed by atoms with Crippen molar-refractivity contribution in [2.45, 2.75) is 52.0 Å². The van der Waals surface area contributed by atoms with E-state index in [1.165, 1.54) is 25.0 Å². The average Bonchev–Trinajstić information content (AvgIpc) is 2.57. The van der Waals surface area contributed by atoms with Crippen LogP contribution in [0, 0.1) is 0 Å². The predicted molar refractivity (Wildman–Crippen MR) is 90.4 cm³/mol. The number of nitrogens with zero attached hydrogens (tertiary/aromatic N) is 3. The van der Waals surface area contributed by atoms with E-state index in [2.05, 4.69) is 22.4 Å². The second-order valence-corrected chi connectivity index (χ2v) is 5.76. The molecule has 1 heterocycles. The number of hydrazone groups is 1. The van der Waals surface area contributed by atoms with E-state index in [1.54, 1.807) is 4.57 Å². The molecule has 3 rings (SSSR count). The lowest BCUT2D eigenvalue weighted by Crippen LogP contribution is -2.24. The topological polar surface area (TPSA) is 59.3 Å². The maximum Gasteiger partial charge on any atom is 0.262 e. The third-order valence-electron chi connectivity index (χ3n) is 4.05. The lowest BCUT2D eigenvalue weighted by atomic mass is 9.99. The van der Waals surface area contributed by atoms with Crippen LogP contribution in [0.2, 0.25) is 0 Å². The molecule has 1 aliphatic rings. The summed E-state index contributed by atoms with van der Waals surface area (Å²) in [7, 11) is 0. The first-order valence-corrected chi connectivity index (χ1v) is 8.10. The van der Waals surface area contributed by atoms with E-state index < -0.39 is 0 Å². The minimum absolute atomic E-state index is 0.00112. The van der Waals surface area contributed by atoms with Crippen molar-refractivity contribution in [2.75, 3.05) is 5.43 Å². The number of hydrogen-bond acceptors (Lipinski definition) is 4. The van der Waals surface area contributed by atoms with Crippen molar-refractivity contribution >= 4 is 22.6 Å². The zero-order valence-corrected chi connectivity index (χ0v) is 13.0. The van der Waals surface area contributed by atoms with E-state index in [9.17, 15) is 4.79 Å². The van der Waals surface area contributed by atoms with Gasteiger partial charge in [-0.3, -0.25) is 9.36 Å². The number of para-hydroxylation sites is 1. The monoisotopic (exact) mass is 298 g/mol. The molecule has 1 aromatic carbocycles. The molecule has 116 valence electrons. The van der Waals surface area contributed by atoms with E-state index >= 15 is 0 Å². The van der Waals surface area contributed by atoms with Crippen LogP contribution in [-0.2, 0) is 6.54 Å². The minimum Gasteiger partial charge on any atom is -0.277 e. The number of anilines is 1. The zero-order valence-electron chi connectivity index (χ0n) is 13.0. The smallest absolute Gasteiger partial charge is 0.262 e. The van der Waals surface area contributed by atoms with Gasteiger partial charge >= 0.3 is 0 Å². The standard InChI is InChI=1S/C17H22N4O/c1-2-12-21-16(22)14-10-6-7-11-15(14)18-17(21)20-19-13-8-4-3-5-9-13/h6-7,10-11H,2-5,8-9,12H2,1H3,(H,18,20). The van der Waals surface area contributed by atoms with Gasteiger partial charge < -0.3 is 0 Å². The fourth-order valence-electron chi connectivity index (χ4n) is 2.89.